The van der Waals surface area contributed by atoms with E-state index in [0.29, 0.717) is 0 Å². The zero-order valence-electron chi connectivity index (χ0n) is 8.97. The lowest BCUT2D eigenvalue weighted by Gasteiger charge is -2.02. The molecule has 74 valence electrons. The molecule has 0 atom stereocenters. The van der Waals surface area contributed by atoms with Gasteiger partial charge in [0.25, 0.3) is 0 Å². The molecule has 0 amide bonds. The standard InChI is InChI=1S/C12H20S/c1-10(2)6-4-5-7-12-9-8-11(3)13-12/h8-10H,4-7H2,1-3H3. The second-order valence-corrected chi connectivity index (χ2v) is 5.52. The lowest BCUT2D eigenvalue weighted by molar-refractivity contribution is 0.539. The smallest absolute Gasteiger partial charge is 0.00480 e. The van der Waals surface area contributed by atoms with Crippen LogP contribution in [-0.4, -0.2) is 0 Å². The molecule has 0 nitrogen and oxygen atoms in total. The van der Waals surface area contributed by atoms with Crippen LogP contribution in [0.25, 0.3) is 0 Å². The second-order valence-electron chi connectivity index (χ2n) is 4.15. The topological polar surface area (TPSA) is 0 Å². The predicted molar refractivity (Wildman–Crippen MR) is 61.4 cm³/mol. The molecule has 0 fully saturated rings. The molecule has 0 aliphatic heterocycles. The third-order valence-electron chi connectivity index (χ3n) is 2.25. The average molecular weight is 196 g/mol. The Labute approximate surface area is 86.0 Å². The SMILES string of the molecule is Cc1ccc(CCCCC(C)C)s1. The van der Waals surface area contributed by atoms with Crippen molar-refractivity contribution in [2.24, 2.45) is 5.92 Å². The van der Waals surface area contributed by atoms with Gasteiger partial charge in [0.15, 0.2) is 0 Å². The van der Waals surface area contributed by atoms with E-state index < -0.39 is 0 Å². The van der Waals surface area contributed by atoms with Crippen molar-refractivity contribution in [3.05, 3.63) is 21.9 Å². The van der Waals surface area contributed by atoms with Crippen molar-refractivity contribution in [2.75, 3.05) is 0 Å². The lowest BCUT2D eigenvalue weighted by Crippen LogP contribution is -1.88. The first kappa shape index (κ1) is 10.8. The largest absolute Gasteiger partial charge is 0.146 e. The highest BCUT2D eigenvalue weighted by Gasteiger charge is 1.98. The van der Waals surface area contributed by atoms with Crippen molar-refractivity contribution < 1.29 is 0 Å². The minimum Gasteiger partial charge on any atom is -0.146 e. The summed E-state index contributed by atoms with van der Waals surface area (Å²) < 4.78 is 0. The highest BCUT2D eigenvalue weighted by atomic mass is 32.1. The summed E-state index contributed by atoms with van der Waals surface area (Å²) >= 11 is 1.95. The Morgan fingerprint density at radius 1 is 1.23 bits per heavy atom. The molecule has 0 saturated heterocycles. The molecular formula is C12H20S. The Morgan fingerprint density at radius 2 is 2.00 bits per heavy atom. The molecule has 1 aromatic heterocycles. The normalized spacial score (nSPS) is 11.1. The average Bonchev–Trinajstić information content (AvgIpc) is 2.45. The van der Waals surface area contributed by atoms with Crippen molar-refractivity contribution >= 4 is 11.3 Å². The van der Waals surface area contributed by atoms with Crippen LogP contribution >= 0.6 is 11.3 Å². The highest BCUT2D eigenvalue weighted by Crippen LogP contribution is 2.18. The van der Waals surface area contributed by atoms with E-state index in [-0.39, 0.29) is 0 Å². The van der Waals surface area contributed by atoms with Gasteiger partial charge in [-0.25, -0.2) is 0 Å². The monoisotopic (exact) mass is 196 g/mol. The van der Waals surface area contributed by atoms with Gasteiger partial charge in [0, 0.05) is 9.75 Å². The third kappa shape index (κ3) is 4.47. The molecular weight excluding hydrogens is 176 g/mol. The van der Waals surface area contributed by atoms with Crippen LogP contribution in [0.1, 0.15) is 42.9 Å². The van der Waals surface area contributed by atoms with Gasteiger partial charge in [-0.2, -0.15) is 0 Å². The number of hydrogen-bond donors (Lipinski definition) is 0. The molecule has 0 N–H and O–H groups in total. The number of aryl methyl sites for hydroxylation is 2. The van der Waals surface area contributed by atoms with E-state index in [1.165, 1.54) is 30.6 Å². The first-order valence-corrected chi connectivity index (χ1v) is 6.05. The molecule has 1 rings (SSSR count). The third-order valence-corrected chi connectivity index (χ3v) is 3.31. The van der Waals surface area contributed by atoms with Crippen LogP contribution in [0.15, 0.2) is 12.1 Å². The molecule has 1 heteroatoms. The maximum atomic E-state index is 2.30. The number of rotatable bonds is 5. The summed E-state index contributed by atoms with van der Waals surface area (Å²) in [5, 5.41) is 0. The van der Waals surface area contributed by atoms with Crippen molar-refractivity contribution in [3.63, 3.8) is 0 Å². The van der Waals surface area contributed by atoms with Gasteiger partial charge in [0.05, 0.1) is 0 Å². The quantitative estimate of drug-likeness (QED) is 0.611. The van der Waals surface area contributed by atoms with Crippen LogP contribution in [0.5, 0.6) is 0 Å². The molecule has 0 aromatic carbocycles. The summed E-state index contributed by atoms with van der Waals surface area (Å²) in [6.07, 6.45) is 5.41. The van der Waals surface area contributed by atoms with Gasteiger partial charge in [-0.1, -0.05) is 26.7 Å². The highest BCUT2D eigenvalue weighted by molar-refractivity contribution is 7.11. The summed E-state index contributed by atoms with van der Waals surface area (Å²) in [5.74, 6) is 0.866. The molecule has 0 aliphatic carbocycles. The molecule has 0 unspecified atom stereocenters. The summed E-state index contributed by atoms with van der Waals surface area (Å²) in [7, 11) is 0. The minimum absolute atomic E-state index is 0.866. The fourth-order valence-corrected chi connectivity index (χ4v) is 2.40. The van der Waals surface area contributed by atoms with Crippen molar-refractivity contribution in [1.82, 2.24) is 0 Å². The Hall–Kier alpha value is -0.300. The molecule has 13 heavy (non-hydrogen) atoms. The van der Waals surface area contributed by atoms with Gasteiger partial charge in [0.1, 0.15) is 0 Å². The zero-order chi connectivity index (χ0) is 9.68. The van der Waals surface area contributed by atoms with Crippen LogP contribution in [-0.2, 0) is 6.42 Å². The first-order chi connectivity index (χ1) is 6.18. The van der Waals surface area contributed by atoms with Gasteiger partial charge >= 0.3 is 0 Å². The van der Waals surface area contributed by atoms with Gasteiger partial charge in [0.2, 0.25) is 0 Å². The zero-order valence-corrected chi connectivity index (χ0v) is 9.79. The predicted octanol–water partition coefficient (Wildman–Crippen LogP) is 4.43. The number of thiophene rings is 1. The van der Waals surface area contributed by atoms with Gasteiger partial charge in [-0.3, -0.25) is 0 Å². The van der Waals surface area contributed by atoms with E-state index in [0.717, 1.165) is 5.92 Å². The van der Waals surface area contributed by atoms with Crippen LogP contribution in [0.4, 0.5) is 0 Å². The second kappa shape index (κ2) is 5.43. The summed E-state index contributed by atoms with van der Waals surface area (Å²) in [6, 6.07) is 4.50. The van der Waals surface area contributed by atoms with Crippen LogP contribution < -0.4 is 0 Å². The van der Waals surface area contributed by atoms with Gasteiger partial charge < -0.3 is 0 Å². The lowest BCUT2D eigenvalue weighted by atomic mass is 10.1. The molecule has 0 spiro atoms. The number of unbranched alkanes of at least 4 members (excludes halogenated alkanes) is 1. The molecule has 0 radical (unpaired) electrons. The van der Waals surface area contributed by atoms with Crippen molar-refractivity contribution in [2.45, 2.75) is 46.5 Å². The van der Waals surface area contributed by atoms with E-state index in [4.69, 9.17) is 0 Å². The first-order valence-electron chi connectivity index (χ1n) is 5.24. The molecule has 1 aromatic rings. The Balaban J connectivity index is 2.13. The van der Waals surface area contributed by atoms with Crippen LogP contribution in [0, 0.1) is 12.8 Å². The van der Waals surface area contributed by atoms with E-state index in [2.05, 4.69) is 32.9 Å². The van der Waals surface area contributed by atoms with Crippen LogP contribution in [0.3, 0.4) is 0 Å². The molecule has 0 bridgehead atoms. The van der Waals surface area contributed by atoms with E-state index >= 15 is 0 Å². The van der Waals surface area contributed by atoms with E-state index in [1.54, 1.807) is 4.88 Å². The Kier molecular flexibility index (Phi) is 4.51. The van der Waals surface area contributed by atoms with Crippen molar-refractivity contribution in [1.29, 1.82) is 0 Å². The number of hydrogen-bond acceptors (Lipinski definition) is 1. The molecule has 0 saturated carbocycles. The van der Waals surface area contributed by atoms with Gasteiger partial charge in [-0.05, 0) is 37.8 Å². The fraction of sp³-hybridized carbons (Fsp3) is 0.667. The summed E-state index contributed by atoms with van der Waals surface area (Å²) in [5.41, 5.74) is 0. The maximum Gasteiger partial charge on any atom is 0.00480 e. The molecule has 1 heterocycles. The van der Waals surface area contributed by atoms with E-state index in [1.807, 2.05) is 11.3 Å². The van der Waals surface area contributed by atoms with Gasteiger partial charge in [-0.15, -0.1) is 11.3 Å². The minimum atomic E-state index is 0.866. The Morgan fingerprint density at radius 3 is 2.54 bits per heavy atom. The fourth-order valence-electron chi connectivity index (χ4n) is 1.47. The maximum absolute atomic E-state index is 2.30. The summed E-state index contributed by atoms with van der Waals surface area (Å²) in [6.45, 7) is 6.78. The van der Waals surface area contributed by atoms with Crippen molar-refractivity contribution in [3.8, 4) is 0 Å². The summed E-state index contributed by atoms with van der Waals surface area (Å²) in [4.78, 5) is 3.00. The molecule has 0 aliphatic rings. The van der Waals surface area contributed by atoms with Crippen LogP contribution in [0.2, 0.25) is 0 Å². The van der Waals surface area contributed by atoms with E-state index in [9.17, 15) is 0 Å². The Bertz CT molecular complexity index is 235.